The number of benzene rings is 2. The van der Waals surface area contributed by atoms with Crippen molar-refractivity contribution in [2.24, 2.45) is 0 Å². The van der Waals surface area contributed by atoms with E-state index in [0.29, 0.717) is 31.1 Å². The number of hydrogen-bond donors (Lipinski definition) is 0. The molecular formula is C22H26N2O3S2. The Labute approximate surface area is 177 Å². The zero-order valence-electron chi connectivity index (χ0n) is 17.0. The van der Waals surface area contributed by atoms with Gasteiger partial charge in [-0.1, -0.05) is 24.3 Å². The molecule has 0 aromatic heterocycles. The molecule has 1 amide bonds. The Morgan fingerprint density at radius 1 is 1.00 bits per heavy atom. The summed E-state index contributed by atoms with van der Waals surface area (Å²) in [7, 11) is -3.55. The molecule has 0 saturated carbocycles. The van der Waals surface area contributed by atoms with Gasteiger partial charge in [-0.15, -0.1) is 11.8 Å². The van der Waals surface area contributed by atoms with Crippen LogP contribution in [0.3, 0.4) is 0 Å². The van der Waals surface area contributed by atoms with Crippen molar-refractivity contribution < 1.29 is 13.2 Å². The summed E-state index contributed by atoms with van der Waals surface area (Å²) in [4.78, 5) is 15.7. The van der Waals surface area contributed by atoms with Crippen LogP contribution in [0.5, 0.6) is 0 Å². The van der Waals surface area contributed by atoms with Gasteiger partial charge >= 0.3 is 0 Å². The number of piperazine rings is 1. The molecule has 154 valence electrons. The molecule has 3 rings (SSSR count). The summed E-state index contributed by atoms with van der Waals surface area (Å²) in [6, 6.07) is 13.4. The van der Waals surface area contributed by atoms with Crippen molar-refractivity contribution in [2.45, 2.75) is 23.6 Å². The molecule has 0 aliphatic carbocycles. The fourth-order valence-corrected chi connectivity index (χ4v) is 5.40. The summed E-state index contributed by atoms with van der Waals surface area (Å²) < 4.78 is 27.5. The Morgan fingerprint density at radius 2 is 1.66 bits per heavy atom. The SMILES string of the molecule is CSc1ccc(/C=C/C(=O)N2CCN(S(=O)(=O)c3cc(C)ccc3C)CC2)cc1. The van der Waals surface area contributed by atoms with Crippen molar-refractivity contribution >= 4 is 33.8 Å². The van der Waals surface area contributed by atoms with Crippen LogP contribution < -0.4 is 0 Å². The first kappa shape index (κ1) is 21.6. The Morgan fingerprint density at radius 3 is 2.28 bits per heavy atom. The topological polar surface area (TPSA) is 57.7 Å². The molecule has 2 aromatic carbocycles. The number of carbonyl (C=O) groups is 1. The van der Waals surface area contributed by atoms with Crippen LogP contribution in [0.25, 0.3) is 6.08 Å². The maximum atomic E-state index is 13.0. The number of carbonyl (C=O) groups excluding carboxylic acids is 1. The van der Waals surface area contributed by atoms with E-state index in [1.807, 2.05) is 56.5 Å². The Hall–Kier alpha value is -2.09. The van der Waals surface area contributed by atoms with Gasteiger partial charge in [0.2, 0.25) is 15.9 Å². The number of amides is 1. The highest BCUT2D eigenvalue weighted by Gasteiger charge is 2.30. The van der Waals surface area contributed by atoms with Gasteiger partial charge in [-0.3, -0.25) is 4.79 Å². The number of rotatable bonds is 5. The highest BCUT2D eigenvalue weighted by molar-refractivity contribution is 7.98. The van der Waals surface area contributed by atoms with Crippen LogP contribution in [0, 0.1) is 13.8 Å². The number of sulfonamides is 1. The van der Waals surface area contributed by atoms with E-state index in [2.05, 4.69) is 0 Å². The van der Waals surface area contributed by atoms with Crippen molar-refractivity contribution in [1.29, 1.82) is 0 Å². The fraction of sp³-hybridized carbons (Fsp3) is 0.318. The van der Waals surface area contributed by atoms with Gasteiger partial charge in [0.1, 0.15) is 0 Å². The summed E-state index contributed by atoms with van der Waals surface area (Å²) in [6.07, 6.45) is 5.38. The summed E-state index contributed by atoms with van der Waals surface area (Å²) in [5, 5.41) is 0. The second-order valence-electron chi connectivity index (χ2n) is 7.10. The molecule has 0 atom stereocenters. The molecule has 1 aliphatic heterocycles. The van der Waals surface area contributed by atoms with Gasteiger partial charge in [0, 0.05) is 37.2 Å². The maximum absolute atomic E-state index is 13.0. The molecule has 7 heteroatoms. The van der Waals surface area contributed by atoms with Crippen LogP contribution in [-0.2, 0) is 14.8 Å². The molecule has 2 aromatic rings. The largest absolute Gasteiger partial charge is 0.337 e. The Bertz CT molecular complexity index is 1010. The lowest BCUT2D eigenvalue weighted by Crippen LogP contribution is -2.50. The number of hydrogen-bond acceptors (Lipinski definition) is 4. The summed E-state index contributed by atoms with van der Waals surface area (Å²) in [5.74, 6) is -0.0947. The normalized spacial score (nSPS) is 15.8. The van der Waals surface area contributed by atoms with Crippen molar-refractivity contribution in [1.82, 2.24) is 9.21 Å². The number of thioether (sulfide) groups is 1. The number of aryl methyl sites for hydroxylation is 2. The minimum absolute atomic E-state index is 0.0947. The van der Waals surface area contributed by atoms with Gasteiger partial charge in [-0.2, -0.15) is 4.31 Å². The van der Waals surface area contributed by atoms with Crippen LogP contribution in [-0.4, -0.2) is 56.0 Å². The maximum Gasteiger partial charge on any atom is 0.246 e. The third-order valence-electron chi connectivity index (χ3n) is 5.05. The molecule has 0 N–H and O–H groups in total. The molecule has 1 heterocycles. The lowest BCUT2D eigenvalue weighted by atomic mass is 10.2. The zero-order valence-corrected chi connectivity index (χ0v) is 18.6. The van der Waals surface area contributed by atoms with Crippen molar-refractivity contribution in [3.05, 3.63) is 65.2 Å². The lowest BCUT2D eigenvalue weighted by molar-refractivity contribution is -0.127. The van der Waals surface area contributed by atoms with E-state index in [1.165, 1.54) is 9.20 Å². The Kier molecular flexibility index (Phi) is 6.82. The average Bonchev–Trinajstić information content (AvgIpc) is 2.74. The third-order valence-corrected chi connectivity index (χ3v) is 7.83. The number of nitrogens with zero attached hydrogens (tertiary/aromatic N) is 2. The van der Waals surface area contributed by atoms with Crippen LogP contribution in [0.2, 0.25) is 0 Å². The molecule has 0 spiro atoms. The predicted molar refractivity (Wildman–Crippen MR) is 119 cm³/mol. The molecule has 1 fully saturated rings. The standard InChI is InChI=1S/C22H26N2O3S2/c1-17-4-5-18(2)21(16-17)29(26,27)24-14-12-23(13-15-24)22(25)11-8-19-6-9-20(28-3)10-7-19/h4-11,16H,12-15H2,1-3H3/b11-8+. The van der Waals surface area contributed by atoms with Crippen molar-refractivity contribution in [3.63, 3.8) is 0 Å². The quantitative estimate of drug-likeness (QED) is 0.538. The fourth-order valence-electron chi connectivity index (χ4n) is 3.26. The molecule has 0 radical (unpaired) electrons. The van der Waals surface area contributed by atoms with Gasteiger partial charge in [0.05, 0.1) is 4.90 Å². The first-order valence-corrected chi connectivity index (χ1v) is 12.2. The van der Waals surface area contributed by atoms with E-state index in [-0.39, 0.29) is 5.91 Å². The third kappa shape index (κ3) is 5.10. The van der Waals surface area contributed by atoms with Crippen molar-refractivity contribution in [2.75, 3.05) is 32.4 Å². The molecule has 1 saturated heterocycles. The van der Waals surface area contributed by atoms with Crippen LogP contribution >= 0.6 is 11.8 Å². The molecule has 5 nitrogen and oxygen atoms in total. The van der Waals surface area contributed by atoms with Gasteiger partial charge < -0.3 is 4.90 Å². The van der Waals surface area contributed by atoms with Crippen LogP contribution in [0.1, 0.15) is 16.7 Å². The Balaban J connectivity index is 1.62. The highest BCUT2D eigenvalue weighted by Crippen LogP contribution is 2.22. The zero-order chi connectivity index (χ0) is 21.0. The van der Waals surface area contributed by atoms with Crippen molar-refractivity contribution in [3.8, 4) is 0 Å². The predicted octanol–water partition coefficient (Wildman–Crippen LogP) is 3.57. The first-order valence-electron chi connectivity index (χ1n) is 9.50. The monoisotopic (exact) mass is 430 g/mol. The lowest BCUT2D eigenvalue weighted by Gasteiger charge is -2.33. The van der Waals surface area contributed by atoms with Gasteiger partial charge in [0.25, 0.3) is 0 Å². The van der Waals surface area contributed by atoms with Gasteiger partial charge in [-0.25, -0.2) is 8.42 Å². The second-order valence-corrected chi connectivity index (χ2v) is 9.89. The van der Waals surface area contributed by atoms with Gasteiger partial charge in [0.15, 0.2) is 0 Å². The molecule has 0 bridgehead atoms. The molecule has 1 aliphatic rings. The minimum atomic E-state index is -3.55. The summed E-state index contributed by atoms with van der Waals surface area (Å²) >= 11 is 1.67. The van der Waals surface area contributed by atoms with E-state index in [1.54, 1.807) is 34.9 Å². The summed E-state index contributed by atoms with van der Waals surface area (Å²) in [5.41, 5.74) is 2.62. The molecule has 0 unspecified atom stereocenters. The van der Waals surface area contributed by atoms with Gasteiger partial charge in [-0.05, 0) is 61.1 Å². The highest BCUT2D eigenvalue weighted by atomic mass is 32.2. The van der Waals surface area contributed by atoms with Crippen LogP contribution in [0.15, 0.2) is 58.3 Å². The molecular weight excluding hydrogens is 404 g/mol. The van der Waals surface area contributed by atoms with E-state index in [9.17, 15) is 13.2 Å². The molecule has 29 heavy (non-hydrogen) atoms. The minimum Gasteiger partial charge on any atom is -0.337 e. The second kappa shape index (κ2) is 9.15. The van der Waals surface area contributed by atoms with Crippen LogP contribution in [0.4, 0.5) is 0 Å². The smallest absolute Gasteiger partial charge is 0.246 e. The first-order chi connectivity index (χ1) is 13.8. The van der Waals surface area contributed by atoms with E-state index < -0.39 is 10.0 Å². The van der Waals surface area contributed by atoms with E-state index in [4.69, 9.17) is 0 Å². The van der Waals surface area contributed by atoms with E-state index >= 15 is 0 Å². The average molecular weight is 431 g/mol. The summed E-state index contributed by atoms with van der Waals surface area (Å²) in [6.45, 7) is 5.07. The van der Waals surface area contributed by atoms with E-state index in [0.717, 1.165) is 16.7 Å².